The maximum Gasteiger partial charge on any atom is 0.228 e. The molecule has 2 atom stereocenters. The molecule has 4 heteroatoms. The molecule has 1 fully saturated rings. The van der Waals surface area contributed by atoms with Crippen LogP contribution < -0.4 is 4.90 Å². The summed E-state index contributed by atoms with van der Waals surface area (Å²) in [7, 11) is 0. The summed E-state index contributed by atoms with van der Waals surface area (Å²) in [4.78, 5) is 24.9. The van der Waals surface area contributed by atoms with Crippen LogP contribution in [0.3, 0.4) is 0 Å². The van der Waals surface area contributed by atoms with Crippen LogP contribution in [0.4, 0.5) is 5.69 Å². The third kappa shape index (κ3) is 2.00. The van der Waals surface area contributed by atoms with Crippen molar-refractivity contribution in [3.63, 3.8) is 0 Å². The summed E-state index contributed by atoms with van der Waals surface area (Å²) >= 11 is 0. The fourth-order valence-electron chi connectivity index (χ4n) is 2.27. The molecule has 0 saturated carbocycles. The molecule has 1 aliphatic rings. The lowest BCUT2D eigenvalue weighted by atomic mass is 10.0. The van der Waals surface area contributed by atoms with E-state index in [4.69, 9.17) is 5.26 Å². The zero-order valence-electron chi connectivity index (χ0n) is 10.4. The Balaban J connectivity index is 2.37. The van der Waals surface area contributed by atoms with Crippen LogP contribution in [0.15, 0.2) is 24.3 Å². The molecule has 0 spiro atoms. The fraction of sp³-hybridized carbons (Fsp3) is 0.357. The van der Waals surface area contributed by atoms with E-state index in [0.717, 1.165) is 0 Å². The molecule has 0 bridgehead atoms. The first kappa shape index (κ1) is 12.3. The predicted octanol–water partition coefficient (Wildman–Crippen LogP) is 2.15. The first-order chi connectivity index (χ1) is 8.54. The smallest absolute Gasteiger partial charge is 0.228 e. The van der Waals surface area contributed by atoms with Gasteiger partial charge in [0.15, 0.2) is 5.78 Å². The topological polar surface area (TPSA) is 61.2 Å². The summed E-state index contributed by atoms with van der Waals surface area (Å²) in [5.74, 6) is -0.374. The van der Waals surface area contributed by atoms with Gasteiger partial charge in [0.2, 0.25) is 5.91 Å². The molecule has 4 nitrogen and oxygen atoms in total. The molecule has 1 aromatic carbocycles. The van der Waals surface area contributed by atoms with Crippen molar-refractivity contribution in [1.82, 2.24) is 0 Å². The lowest BCUT2D eigenvalue weighted by molar-refractivity contribution is -0.117. The number of carbonyl (C=O) groups is 2. The summed E-state index contributed by atoms with van der Waals surface area (Å²) in [5, 5.41) is 8.98. The van der Waals surface area contributed by atoms with E-state index < -0.39 is 0 Å². The van der Waals surface area contributed by atoms with Gasteiger partial charge in [-0.3, -0.25) is 9.59 Å². The van der Waals surface area contributed by atoms with Gasteiger partial charge in [0, 0.05) is 17.7 Å². The van der Waals surface area contributed by atoms with Gasteiger partial charge in [-0.15, -0.1) is 0 Å². The Labute approximate surface area is 106 Å². The highest BCUT2D eigenvalue weighted by atomic mass is 16.2. The van der Waals surface area contributed by atoms with E-state index in [1.54, 1.807) is 29.2 Å². The number of carbonyl (C=O) groups excluding carboxylic acids is 2. The summed E-state index contributed by atoms with van der Waals surface area (Å²) in [6, 6.07) is 8.98. The van der Waals surface area contributed by atoms with Crippen molar-refractivity contribution in [2.45, 2.75) is 26.3 Å². The summed E-state index contributed by atoms with van der Waals surface area (Å²) in [6.45, 7) is 3.35. The van der Waals surface area contributed by atoms with Crippen molar-refractivity contribution < 1.29 is 9.59 Å². The van der Waals surface area contributed by atoms with E-state index in [9.17, 15) is 9.59 Å². The lowest BCUT2D eigenvalue weighted by Gasteiger charge is -2.23. The monoisotopic (exact) mass is 242 g/mol. The van der Waals surface area contributed by atoms with Gasteiger partial charge in [-0.25, -0.2) is 0 Å². The number of hydrogen-bond acceptors (Lipinski definition) is 3. The highest BCUT2D eigenvalue weighted by Gasteiger charge is 2.37. The molecular weight excluding hydrogens is 228 g/mol. The standard InChI is InChI=1S/C14H14N2O2/c1-9-12(8-15)7-14(18)16(9)13-5-3-4-11(6-13)10(2)17/h3-6,9,12H,7H2,1-2H3. The van der Waals surface area contributed by atoms with Crippen molar-refractivity contribution in [1.29, 1.82) is 5.26 Å². The normalized spacial score (nSPS) is 22.9. The first-order valence-corrected chi connectivity index (χ1v) is 5.87. The van der Waals surface area contributed by atoms with Gasteiger partial charge in [-0.1, -0.05) is 12.1 Å². The number of anilines is 1. The Morgan fingerprint density at radius 2 is 2.22 bits per heavy atom. The van der Waals surface area contributed by atoms with Crippen LogP contribution in [0.25, 0.3) is 0 Å². The highest BCUT2D eigenvalue weighted by Crippen LogP contribution is 2.30. The minimum absolute atomic E-state index is 0.0343. The molecule has 1 saturated heterocycles. The number of benzene rings is 1. The average molecular weight is 242 g/mol. The van der Waals surface area contributed by atoms with Gasteiger partial charge in [0.25, 0.3) is 0 Å². The van der Waals surface area contributed by atoms with Gasteiger partial charge in [-0.2, -0.15) is 5.26 Å². The number of Topliss-reactive ketones (excluding diaryl/α,β-unsaturated/α-hetero) is 1. The van der Waals surface area contributed by atoms with Crippen molar-refractivity contribution in [3.8, 4) is 6.07 Å². The highest BCUT2D eigenvalue weighted by molar-refractivity contribution is 5.99. The molecular formula is C14H14N2O2. The van der Waals surface area contributed by atoms with Crippen LogP contribution in [0, 0.1) is 17.2 Å². The predicted molar refractivity (Wildman–Crippen MR) is 67.1 cm³/mol. The van der Waals surface area contributed by atoms with Gasteiger partial charge in [-0.05, 0) is 26.0 Å². The van der Waals surface area contributed by atoms with Crippen molar-refractivity contribution >= 4 is 17.4 Å². The van der Waals surface area contributed by atoms with Gasteiger partial charge in [0.1, 0.15) is 0 Å². The fourth-order valence-corrected chi connectivity index (χ4v) is 2.27. The maximum absolute atomic E-state index is 11.9. The van der Waals surface area contributed by atoms with Crippen LogP contribution >= 0.6 is 0 Å². The van der Waals surface area contributed by atoms with Crippen LogP contribution in [0.1, 0.15) is 30.6 Å². The second kappa shape index (κ2) is 4.61. The van der Waals surface area contributed by atoms with Gasteiger partial charge >= 0.3 is 0 Å². The third-order valence-electron chi connectivity index (χ3n) is 3.35. The zero-order chi connectivity index (χ0) is 13.3. The van der Waals surface area contributed by atoms with Crippen LogP contribution in [-0.4, -0.2) is 17.7 Å². The van der Waals surface area contributed by atoms with E-state index in [0.29, 0.717) is 11.3 Å². The van der Waals surface area contributed by atoms with Crippen LogP contribution in [0.5, 0.6) is 0 Å². The lowest BCUT2D eigenvalue weighted by Crippen LogP contribution is -2.32. The van der Waals surface area contributed by atoms with Crippen molar-refractivity contribution in [3.05, 3.63) is 29.8 Å². The second-order valence-corrected chi connectivity index (χ2v) is 4.55. The molecule has 2 rings (SSSR count). The number of hydrogen-bond donors (Lipinski definition) is 0. The van der Waals surface area contributed by atoms with Crippen molar-refractivity contribution in [2.75, 3.05) is 4.90 Å². The Bertz CT molecular complexity index is 545. The average Bonchev–Trinajstić information content (AvgIpc) is 2.64. The Hall–Kier alpha value is -2.15. The summed E-state index contributed by atoms with van der Waals surface area (Å²) < 4.78 is 0. The zero-order valence-corrected chi connectivity index (χ0v) is 10.4. The van der Waals surface area contributed by atoms with Gasteiger partial charge in [0.05, 0.1) is 18.0 Å². The summed E-state index contributed by atoms with van der Waals surface area (Å²) in [5.41, 5.74) is 1.27. The maximum atomic E-state index is 11.9. The molecule has 1 heterocycles. The minimum atomic E-state index is -0.279. The molecule has 0 radical (unpaired) electrons. The molecule has 2 unspecified atom stereocenters. The Kier molecular flexibility index (Phi) is 3.15. The van der Waals surface area contributed by atoms with E-state index in [-0.39, 0.29) is 30.1 Å². The van der Waals surface area contributed by atoms with E-state index in [1.807, 2.05) is 6.92 Å². The van der Waals surface area contributed by atoms with E-state index in [2.05, 4.69) is 6.07 Å². The largest absolute Gasteiger partial charge is 0.308 e. The number of nitriles is 1. The van der Waals surface area contributed by atoms with E-state index >= 15 is 0 Å². The number of ketones is 1. The second-order valence-electron chi connectivity index (χ2n) is 4.55. The number of nitrogens with zero attached hydrogens (tertiary/aromatic N) is 2. The molecule has 1 aromatic rings. The minimum Gasteiger partial charge on any atom is -0.308 e. The molecule has 18 heavy (non-hydrogen) atoms. The Morgan fingerprint density at radius 3 is 2.78 bits per heavy atom. The first-order valence-electron chi connectivity index (χ1n) is 5.87. The van der Waals surface area contributed by atoms with Crippen LogP contribution in [-0.2, 0) is 4.79 Å². The summed E-state index contributed by atoms with van der Waals surface area (Å²) in [6.07, 6.45) is 0.252. The molecule has 0 aliphatic carbocycles. The van der Waals surface area contributed by atoms with Gasteiger partial charge < -0.3 is 4.90 Å². The number of rotatable bonds is 2. The third-order valence-corrected chi connectivity index (χ3v) is 3.35. The number of amides is 1. The Morgan fingerprint density at radius 1 is 1.50 bits per heavy atom. The molecule has 1 amide bonds. The SMILES string of the molecule is CC(=O)c1cccc(N2C(=O)CC(C#N)C2C)c1. The molecule has 0 N–H and O–H groups in total. The van der Waals surface area contributed by atoms with E-state index in [1.165, 1.54) is 6.92 Å². The van der Waals surface area contributed by atoms with Crippen molar-refractivity contribution in [2.24, 2.45) is 5.92 Å². The molecule has 0 aromatic heterocycles. The quantitative estimate of drug-likeness (QED) is 0.746. The molecule has 1 aliphatic heterocycles. The molecule has 92 valence electrons. The van der Waals surface area contributed by atoms with Crippen LogP contribution in [0.2, 0.25) is 0 Å².